The molecule has 2 aliphatic carbocycles. The molecule has 1 saturated carbocycles. The van der Waals surface area contributed by atoms with Gasteiger partial charge in [-0.2, -0.15) is 0 Å². The summed E-state index contributed by atoms with van der Waals surface area (Å²) in [7, 11) is 0. The summed E-state index contributed by atoms with van der Waals surface area (Å²) in [5.74, 6) is -0.211. The Morgan fingerprint density at radius 2 is 2.00 bits per heavy atom. The molecule has 0 aromatic carbocycles. The number of carbonyl (C=O) groups is 2. The quantitative estimate of drug-likeness (QED) is 0.493. The van der Waals surface area contributed by atoms with Crippen LogP contribution in [-0.2, 0) is 20.7 Å². The van der Waals surface area contributed by atoms with Crippen LogP contribution in [0, 0.1) is 28.6 Å². The van der Waals surface area contributed by atoms with E-state index in [0.29, 0.717) is 18.1 Å². The third-order valence-electron chi connectivity index (χ3n) is 8.75. The van der Waals surface area contributed by atoms with Crippen LogP contribution in [0.2, 0.25) is 0 Å². The first-order valence-corrected chi connectivity index (χ1v) is 14.7. The molecule has 3 aliphatic rings. The Morgan fingerprint density at radius 1 is 1.30 bits per heavy atom. The molecule has 3 N–H and O–H groups in total. The number of ether oxygens (including phenoxy) is 1. The zero-order valence-corrected chi connectivity index (χ0v) is 24.2. The molecule has 1 saturated heterocycles. The van der Waals surface area contributed by atoms with Gasteiger partial charge in [0.05, 0.1) is 25.0 Å². The lowest BCUT2D eigenvalue weighted by Gasteiger charge is -2.53. The third kappa shape index (κ3) is 6.54. The van der Waals surface area contributed by atoms with Crippen LogP contribution in [0.5, 0.6) is 0 Å². The van der Waals surface area contributed by atoms with Crippen LogP contribution in [0.1, 0.15) is 77.3 Å². The zero-order chi connectivity index (χ0) is 27.0. The molecule has 1 aromatic heterocycles. The van der Waals surface area contributed by atoms with Crippen LogP contribution in [0.25, 0.3) is 0 Å². The van der Waals surface area contributed by atoms with Crippen molar-refractivity contribution < 1.29 is 19.4 Å². The van der Waals surface area contributed by atoms with E-state index < -0.39 is 6.10 Å². The lowest BCUT2D eigenvalue weighted by atomic mass is 9.53. The molecule has 6 unspecified atom stereocenters. The monoisotopic (exact) mass is 534 g/mol. The van der Waals surface area contributed by atoms with E-state index in [1.807, 2.05) is 6.92 Å². The maximum atomic E-state index is 13.0. The fourth-order valence-corrected chi connectivity index (χ4v) is 8.04. The number of rotatable bonds is 7. The molecule has 0 radical (unpaired) electrons. The Hall–Kier alpha value is -1.55. The first-order valence-electron chi connectivity index (χ1n) is 13.9. The van der Waals surface area contributed by atoms with Gasteiger partial charge in [0.1, 0.15) is 0 Å². The number of nitrogens with zero attached hydrogens (tertiary/aromatic N) is 2. The largest absolute Gasteiger partial charge is 0.392 e. The molecule has 9 heteroatoms. The van der Waals surface area contributed by atoms with Crippen LogP contribution < -0.4 is 10.6 Å². The van der Waals surface area contributed by atoms with Crippen LogP contribution >= 0.6 is 11.3 Å². The van der Waals surface area contributed by atoms with Gasteiger partial charge >= 0.3 is 0 Å². The minimum Gasteiger partial charge on any atom is -0.392 e. The Labute approximate surface area is 225 Å². The van der Waals surface area contributed by atoms with Crippen molar-refractivity contribution in [3.05, 3.63) is 10.6 Å². The van der Waals surface area contributed by atoms with Gasteiger partial charge in [0.15, 0.2) is 5.13 Å². The Morgan fingerprint density at radius 3 is 2.68 bits per heavy atom. The molecule has 0 bridgehead atoms. The minimum absolute atomic E-state index is 0.0107. The van der Waals surface area contributed by atoms with E-state index in [2.05, 4.69) is 50.2 Å². The highest BCUT2D eigenvalue weighted by molar-refractivity contribution is 7.15. The van der Waals surface area contributed by atoms with Crippen molar-refractivity contribution >= 4 is 28.3 Å². The molecule has 208 valence electrons. The maximum absolute atomic E-state index is 13.0. The summed E-state index contributed by atoms with van der Waals surface area (Å²) in [6.45, 7) is 17.3. The summed E-state index contributed by atoms with van der Waals surface area (Å²) in [5, 5.41) is 18.4. The lowest BCUT2D eigenvalue weighted by Crippen LogP contribution is -2.53. The molecule has 4 rings (SSSR count). The van der Waals surface area contributed by atoms with E-state index in [1.54, 1.807) is 11.3 Å². The zero-order valence-electron chi connectivity index (χ0n) is 23.4. The van der Waals surface area contributed by atoms with Crippen molar-refractivity contribution in [2.24, 2.45) is 28.6 Å². The van der Waals surface area contributed by atoms with Crippen molar-refractivity contribution in [2.45, 2.75) is 79.2 Å². The standard InChI is InChI=1S/C28H46N4O4S/c1-17(25(35)29-9-10-32-11-13-36-14-12-32)19-7-8-28(6)15-20-23(18(2)22(28)24(19)34)31-26(37-20)30-21(33)16-27(3,4)5/h17-19,22,24,34H,7-16H2,1-6H3,(H,29,35)(H,30,31,33). The molecule has 37 heavy (non-hydrogen) atoms. The van der Waals surface area contributed by atoms with E-state index in [9.17, 15) is 14.7 Å². The number of morpholine rings is 1. The highest BCUT2D eigenvalue weighted by atomic mass is 32.1. The summed E-state index contributed by atoms with van der Waals surface area (Å²) in [6.07, 6.45) is 2.54. The Kier molecular flexibility index (Phi) is 8.68. The normalized spacial score (nSPS) is 31.2. The van der Waals surface area contributed by atoms with Gasteiger partial charge in [0.25, 0.3) is 0 Å². The number of anilines is 1. The van der Waals surface area contributed by atoms with Gasteiger partial charge in [-0.15, -0.1) is 11.3 Å². The molecule has 1 aromatic rings. The van der Waals surface area contributed by atoms with Crippen LogP contribution in [-0.4, -0.2) is 72.3 Å². The number of carbonyl (C=O) groups excluding carboxylic acids is 2. The summed E-state index contributed by atoms with van der Waals surface area (Å²) in [6, 6.07) is 0. The number of hydrogen-bond acceptors (Lipinski definition) is 7. The smallest absolute Gasteiger partial charge is 0.226 e. The van der Waals surface area contributed by atoms with E-state index >= 15 is 0 Å². The van der Waals surface area contributed by atoms with Gasteiger partial charge < -0.3 is 20.5 Å². The molecular formula is C28H46N4O4S. The van der Waals surface area contributed by atoms with Gasteiger partial charge in [-0.25, -0.2) is 4.98 Å². The topological polar surface area (TPSA) is 104 Å². The molecular weight excluding hydrogens is 488 g/mol. The Balaban J connectivity index is 1.40. The fraction of sp³-hybridized carbons (Fsp3) is 0.821. The molecule has 1 aliphatic heterocycles. The third-order valence-corrected chi connectivity index (χ3v) is 9.73. The number of aliphatic hydroxyl groups is 1. The van der Waals surface area contributed by atoms with Crippen LogP contribution in [0.4, 0.5) is 5.13 Å². The van der Waals surface area contributed by atoms with Crippen LogP contribution in [0.3, 0.4) is 0 Å². The highest BCUT2D eigenvalue weighted by Crippen LogP contribution is 2.57. The van der Waals surface area contributed by atoms with Crippen molar-refractivity contribution in [1.29, 1.82) is 0 Å². The van der Waals surface area contributed by atoms with Crippen molar-refractivity contribution in [3.63, 3.8) is 0 Å². The van der Waals surface area contributed by atoms with Crippen LogP contribution in [0.15, 0.2) is 0 Å². The van der Waals surface area contributed by atoms with Gasteiger partial charge in [-0.3, -0.25) is 14.5 Å². The van der Waals surface area contributed by atoms with E-state index in [-0.39, 0.29) is 46.3 Å². The number of aliphatic hydroxyl groups excluding tert-OH is 1. The number of amides is 2. The average molecular weight is 535 g/mol. The van der Waals surface area contributed by atoms with Crippen molar-refractivity contribution in [3.8, 4) is 0 Å². The summed E-state index contributed by atoms with van der Waals surface area (Å²) in [4.78, 5) is 33.9. The number of fused-ring (bicyclic) bond motifs is 2. The molecule has 8 nitrogen and oxygen atoms in total. The first kappa shape index (κ1) is 28.5. The average Bonchev–Trinajstić information content (AvgIpc) is 3.19. The Bertz CT molecular complexity index is 970. The number of hydrogen-bond donors (Lipinski definition) is 3. The number of thiazole rings is 1. The van der Waals surface area contributed by atoms with Gasteiger partial charge in [-0.05, 0) is 41.9 Å². The molecule has 0 spiro atoms. The lowest BCUT2D eigenvalue weighted by molar-refractivity contribution is -0.134. The summed E-state index contributed by atoms with van der Waals surface area (Å²) < 4.78 is 5.39. The predicted molar refractivity (Wildman–Crippen MR) is 147 cm³/mol. The van der Waals surface area contributed by atoms with Gasteiger partial charge in [0, 0.05) is 49.3 Å². The number of aromatic nitrogens is 1. The second-order valence-corrected chi connectivity index (χ2v) is 14.1. The van der Waals surface area contributed by atoms with Crippen molar-refractivity contribution in [2.75, 3.05) is 44.7 Å². The maximum Gasteiger partial charge on any atom is 0.226 e. The molecule has 2 amide bonds. The molecule has 6 atom stereocenters. The van der Waals surface area contributed by atoms with E-state index in [0.717, 1.165) is 57.8 Å². The fourth-order valence-electron chi connectivity index (χ4n) is 6.76. The van der Waals surface area contributed by atoms with Gasteiger partial charge in [-0.1, -0.05) is 41.5 Å². The predicted octanol–water partition coefficient (Wildman–Crippen LogP) is 3.66. The first-order chi connectivity index (χ1) is 17.4. The molecule has 2 fully saturated rings. The van der Waals surface area contributed by atoms with E-state index in [4.69, 9.17) is 9.72 Å². The second-order valence-electron chi connectivity index (χ2n) is 13.0. The van der Waals surface area contributed by atoms with Gasteiger partial charge in [0.2, 0.25) is 11.8 Å². The number of nitrogens with one attached hydrogen (secondary N) is 2. The highest BCUT2D eigenvalue weighted by Gasteiger charge is 2.53. The van der Waals surface area contributed by atoms with E-state index in [1.165, 1.54) is 4.88 Å². The second kappa shape index (κ2) is 11.3. The van der Waals surface area contributed by atoms with Crippen molar-refractivity contribution in [1.82, 2.24) is 15.2 Å². The summed E-state index contributed by atoms with van der Waals surface area (Å²) >= 11 is 1.58. The molecule has 2 heterocycles. The minimum atomic E-state index is -0.567. The summed E-state index contributed by atoms with van der Waals surface area (Å²) in [5.41, 5.74) is 0.871. The SMILES string of the molecule is CC(C(=O)NCCN1CCOCC1)C1CCC2(C)Cc3sc(NC(=O)CC(C)(C)C)nc3C(C)C2C1O.